The van der Waals surface area contributed by atoms with E-state index in [4.69, 9.17) is 0 Å². The van der Waals surface area contributed by atoms with Gasteiger partial charge in [0.05, 0.1) is 16.2 Å². The molecule has 2 aromatic heterocycles. The van der Waals surface area contributed by atoms with Crippen molar-refractivity contribution in [3.63, 3.8) is 0 Å². The number of rotatable bonds is 5. The summed E-state index contributed by atoms with van der Waals surface area (Å²) in [4.78, 5) is 36.5. The SMILES string of the molecule is CC(=O)c1cc(Br)c(F)cc1NC(=O)NC(C)c1ncnn1-c1ncccn1. The Morgan fingerprint density at radius 3 is 2.61 bits per heavy atom. The van der Waals surface area contributed by atoms with Gasteiger partial charge in [0.2, 0.25) is 0 Å². The molecule has 2 amide bonds. The minimum atomic E-state index is -0.639. The molecule has 2 N–H and O–H groups in total. The largest absolute Gasteiger partial charge is 0.328 e. The minimum Gasteiger partial charge on any atom is -0.328 e. The number of amides is 2. The van der Waals surface area contributed by atoms with E-state index in [2.05, 4.69) is 46.6 Å². The van der Waals surface area contributed by atoms with E-state index in [0.29, 0.717) is 11.8 Å². The molecule has 28 heavy (non-hydrogen) atoms. The number of carbonyl (C=O) groups is 2. The first-order valence-electron chi connectivity index (χ1n) is 8.11. The zero-order valence-corrected chi connectivity index (χ0v) is 16.4. The zero-order valence-electron chi connectivity index (χ0n) is 14.8. The summed E-state index contributed by atoms with van der Waals surface area (Å²) >= 11 is 3.03. The molecule has 11 heteroatoms. The number of nitrogens with one attached hydrogen (secondary N) is 2. The third-order valence-corrected chi connectivity index (χ3v) is 4.35. The van der Waals surface area contributed by atoms with Crippen LogP contribution < -0.4 is 10.6 Å². The maximum atomic E-state index is 13.8. The molecule has 0 fully saturated rings. The molecule has 1 aromatic carbocycles. The van der Waals surface area contributed by atoms with E-state index in [0.717, 1.165) is 6.07 Å². The second kappa shape index (κ2) is 8.21. The molecular weight excluding hydrogens is 433 g/mol. The summed E-state index contributed by atoms with van der Waals surface area (Å²) in [5.74, 6) is -0.215. The Balaban J connectivity index is 1.77. The highest BCUT2D eigenvalue weighted by atomic mass is 79.9. The first-order valence-corrected chi connectivity index (χ1v) is 8.91. The van der Waals surface area contributed by atoms with E-state index < -0.39 is 17.9 Å². The van der Waals surface area contributed by atoms with Crippen molar-refractivity contribution >= 4 is 33.4 Å². The number of hydrogen-bond acceptors (Lipinski definition) is 6. The van der Waals surface area contributed by atoms with Gasteiger partial charge < -0.3 is 10.6 Å². The second-order valence-electron chi connectivity index (χ2n) is 5.77. The number of nitrogens with zero attached hydrogens (tertiary/aromatic N) is 5. The van der Waals surface area contributed by atoms with Crippen molar-refractivity contribution in [2.24, 2.45) is 0 Å². The molecule has 0 spiro atoms. The quantitative estimate of drug-likeness (QED) is 0.580. The fourth-order valence-corrected chi connectivity index (χ4v) is 2.80. The number of Topliss-reactive ketones (excluding diaryl/α,β-unsaturated/α-hetero) is 1. The Bertz CT molecular complexity index is 1030. The summed E-state index contributed by atoms with van der Waals surface area (Å²) in [5.41, 5.74) is 0.239. The third-order valence-electron chi connectivity index (χ3n) is 3.74. The zero-order chi connectivity index (χ0) is 20.3. The number of urea groups is 1. The summed E-state index contributed by atoms with van der Waals surface area (Å²) in [6.45, 7) is 3.02. The van der Waals surface area contributed by atoms with Crippen LogP contribution in [0.5, 0.6) is 0 Å². The van der Waals surface area contributed by atoms with Crippen LogP contribution in [0.4, 0.5) is 14.9 Å². The number of halogens is 2. The summed E-state index contributed by atoms with van der Waals surface area (Å²) in [7, 11) is 0. The molecule has 0 aliphatic carbocycles. The predicted molar refractivity (Wildman–Crippen MR) is 102 cm³/mol. The van der Waals surface area contributed by atoms with Crippen LogP contribution in [0, 0.1) is 5.82 Å². The first kappa shape index (κ1) is 19.5. The Labute approximate surface area is 167 Å². The van der Waals surface area contributed by atoms with Crippen molar-refractivity contribution < 1.29 is 14.0 Å². The molecule has 0 radical (unpaired) electrons. The fourth-order valence-electron chi connectivity index (χ4n) is 2.46. The second-order valence-corrected chi connectivity index (χ2v) is 6.62. The number of carbonyl (C=O) groups excluding carboxylic acids is 2. The van der Waals surface area contributed by atoms with Crippen molar-refractivity contribution in [2.45, 2.75) is 19.9 Å². The van der Waals surface area contributed by atoms with Gasteiger partial charge in [-0.3, -0.25) is 4.79 Å². The van der Waals surface area contributed by atoms with Crippen LogP contribution in [-0.2, 0) is 0 Å². The van der Waals surface area contributed by atoms with Gasteiger partial charge in [-0.05, 0) is 48.0 Å². The average molecular weight is 448 g/mol. The Kier molecular flexibility index (Phi) is 5.73. The Hall–Kier alpha value is -3.21. The average Bonchev–Trinajstić information content (AvgIpc) is 3.15. The van der Waals surface area contributed by atoms with E-state index in [1.54, 1.807) is 25.4 Å². The van der Waals surface area contributed by atoms with Crippen molar-refractivity contribution in [3.8, 4) is 5.95 Å². The maximum absolute atomic E-state index is 13.8. The molecule has 0 bridgehead atoms. The lowest BCUT2D eigenvalue weighted by atomic mass is 10.1. The van der Waals surface area contributed by atoms with Crippen LogP contribution in [0.15, 0.2) is 41.4 Å². The highest BCUT2D eigenvalue weighted by Gasteiger charge is 2.19. The molecule has 2 heterocycles. The van der Waals surface area contributed by atoms with Crippen molar-refractivity contribution in [1.29, 1.82) is 0 Å². The molecule has 3 rings (SSSR count). The molecular formula is C17H15BrFN7O2. The summed E-state index contributed by atoms with van der Waals surface area (Å²) in [6, 6.07) is 2.84. The summed E-state index contributed by atoms with van der Waals surface area (Å²) in [5, 5.41) is 9.23. The van der Waals surface area contributed by atoms with Gasteiger partial charge >= 0.3 is 6.03 Å². The number of benzene rings is 1. The van der Waals surface area contributed by atoms with Crippen LogP contribution in [0.2, 0.25) is 0 Å². The summed E-state index contributed by atoms with van der Waals surface area (Å²) in [6.07, 6.45) is 4.44. The van der Waals surface area contributed by atoms with Gasteiger partial charge in [-0.2, -0.15) is 9.78 Å². The Morgan fingerprint density at radius 1 is 1.21 bits per heavy atom. The fraction of sp³-hybridized carbons (Fsp3) is 0.176. The number of aromatic nitrogens is 5. The molecule has 1 atom stereocenters. The van der Waals surface area contributed by atoms with Crippen LogP contribution in [0.3, 0.4) is 0 Å². The van der Waals surface area contributed by atoms with Gasteiger partial charge in [-0.25, -0.2) is 24.1 Å². The van der Waals surface area contributed by atoms with Gasteiger partial charge in [0, 0.05) is 18.0 Å². The third kappa shape index (κ3) is 4.19. The highest BCUT2D eigenvalue weighted by Crippen LogP contribution is 2.25. The first-order chi connectivity index (χ1) is 13.4. The van der Waals surface area contributed by atoms with Gasteiger partial charge in [0.1, 0.15) is 12.1 Å². The standard InChI is InChI=1S/C17H15BrFN7O2/c1-9(15-22-8-23-26(15)16-20-4-3-5-21-16)24-17(28)25-14-7-13(19)12(18)6-11(14)10(2)27/h3-9H,1-2H3,(H2,24,25,28). The lowest BCUT2D eigenvalue weighted by molar-refractivity contribution is 0.101. The van der Waals surface area contributed by atoms with Gasteiger partial charge in [-0.15, -0.1) is 0 Å². The van der Waals surface area contributed by atoms with Gasteiger partial charge in [0.25, 0.3) is 5.95 Å². The molecule has 144 valence electrons. The molecule has 3 aromatic rings. The normalized spacial score (nSPS) is 11.7. The van der Waals surface area contributed by atoms with E-state index in [1.807, 2.05) is 0 Å². The molecule has 1 unspecified atom stereocenters. The smallest absolute Gasteiger partial charge is 0.319 e. The lowest BCUT2D eigenvalue weighted by Crippen LogP contribution is -2.33. The van der Waals surface area contributed by atoms with Crippen molar-refractivity contribution in [1.82, 2.24) is 30.0 Å². The minimum absolute atomic E-state index is 0.0609. The van der Waals surface area contributed by atoms with Gasteiger partial charge in [0.15, 0.2) is 11.6 Å². The number of anilines is 1. The van der Waals surface area contributed by atoms with Crippen LogP contribution in [0.25, 0.3) is 5.95 Å². The van der Waals surface area contributed by atoms with Crippen LogP contribution >= 0.6 is 15.9 Å². The van der Waals surface area contributed by atoms with Crippen LogP contribution in [0.1, 0.15) is 36.1 Å². The van der Waals surface area contributed by atoms with E-state index in [9.17, 15) is 14.0 Å². The molecule has 0 saturated carbocycles. The van der Waals surface area contributed by atoms with E-state index in [1.165, 1.54) is 24.0 Å². The van der Waals surface area contributed by atoms with Crippen molar-refractivity contribution in [2.75, 3.05) is 5.32 Å². The van der Waals surface area contributed by atoms with Crippen LogP contribution in [-0.4, -0.2) is 36.5 Å². The van der Waals surface area contributed by atoms with Crippen molar-refractivity contribution in [3.05, 3.63) is 58.6 Å². The van der Waals surface area contributed by atoms with E-state index in [-0.39, 0.29) is 21.5 Å². The highest BCUT2D eigenvalue weighted by molar-refractivity contribution is 9.10. The monoisotopic (exact) mass is 447 g/mol. The molecule has 0 aliphatic rings. The number of ketones is 1. The lowest BCUT2D eigenvalue weighted by Gasteiger charge is -2.16. The predicted octanol–water partition coefficient (Wildman–Crippen LogP) is 3.04. The molecule has 0 saturated heterocycles. The van der Waals surface area contributed by atoms with E-state index >= 15 is 0 Å². The van der Waals surface area contributed by atoms with Gasteiger partial charge in [-0.1, -0.05) is 0 Å². The number of hydrogen-bond donors (Lipinski definition) is 2. The maximum Gasteiger partial charge on any atom is 0.319 e. The molecule has 9 nitrogen and oxygen atoms in total. The Morgan fingerprint density at radius 2 is 1.93 bits per heavy atom. The topological polar surface area (TPSA) is 115 Å². The molecule has 0 aliphatic heterocycles. The summed E-state index contributed by atoms with van der Waals surface area (Å²) < 4.78 is 15.4.